The Morgan fingerprint density at radius 3 is 2.27 bits per heavy atom. The highest BCUT2D eigenvalue weighted by molar-refractivity contribution is 7.89. The van der Waals surface area contributed by atoms with E-state index in [2.05, 4.69) is 0 Å². The van der Waals surface area contributed by atoms with E-state index >= 15 is 0 Å². The van der Waals surface area contributed by atoms with Gasteiger partial charge in [0.2, 0.25) is 15.9 Å². The zero-order chi connectivity index (χ0) is 11.5. The van der Waals surface area contributed by atoms with E-state index in [1.54, 1.807) is 4.90 Å². The van der Waals surface area contributed by atoms with Gasteiger partial charge >= 0.3 is 0 Å². The lowest BCUT2D eigenvalue weighted by Gasteiger charge is -2.16. The number of amides is 1. The van der Waals surface area contributed by atoms with Crippen molar-refractivity contribution in [2.75, 3.05) is 32.9 Å². The Morgan fingerprint density at radius 2 is 1.80 bits per heavy atom. The number of sulfonamides is 1. The van der Waals surface area contributed by atoms with Crippen LogP contribution in [0.3, 0.4) is 0 Å². The lowest BCUT2D eigenvalue weighted by atomic mass is 10.4. The molecule has 1 aliphatic heterocycles. The standard InChI is InChI=1S/C9H18N2O3S/c1-10(2)15(13,14)8-5-9(12)11-6-3-4-7-11/h3-8H2,1-2H3. The predicted octanol–water partition coefficient (Wildman–Crippen LogP) is -0.110. The van der Waals surface area contributed by atoms with Gasteiger partial charge in [0, 0.05) is 33.6 Å². The summed E-state index contributed by atoms with van der Waals surface area (Å²) < 4.78 is 24.0. The smallest absolute Gasteiger partial charge is 0.223 e. The van der Waals surface area contributed by atoms with Gasteiger partial charge in [0.25, 0.3) is 0 Å². The van der Waals surface area contributed by atoms with Crippen LogP contribution in [0.4, 0.5) is 0 Å². The molecule has 88 valence electrons. The van der Waals surface area contributed by atoms with Crippen molar-refractivity contribution in [2.24, 2.45) is 0 Å². The van der Waals surface area contributed by atoms with Gasteiger partial charge in [-0.25, -0.2) is 12.7 Å². The highest BCUT2D eigenvalue weighted by Crippen LogP contribution is 2.09. The van der Waals surface area contributed by atoms with E-state index in [1.807, 2.05) is 0 Å². The molecule has 0 aromatic heterocycles. The average Bonchev–Trinajstić information content (AvgIpc) is 2.66. The molecule has 0 aliphatic carbocycles. The minimum Gasteiger partial charge on any atom is -0.343 e. The van der Waals surface area contributed by atoms with Gasteiger partial charge in [-0.1, -0.05) is 0 Å². The van der Waals surface area contributed by atoms with Gasteiger partial charge in [-0.2, -0.15) is 0 Å². The molecule has 0 bridgehead atoms. The van der Waals surface area contributed by atoms with Crippen molar-refractivity contribution in [3.05, 3.63) is 0 Å². The Balaban J connectivity index is 2.40. The number of hydrogen-bond acceptors (Lipinski definition) is 3. The molecule has 0 unspecified atom stereocenters. The van der Waals surface area contributed by atoms with Crippen LogP contribution in [0, 0.1) is 0 Å². The topological polar surface area (TPSA) is 57.7 Å². The average molecular weight is 234 g/mol. The second kappa shape index (κ2) is 4.94. The van der Waals surface area contributed by atoms with Crippen LogP contribution in [0.25, 0.3) is 0 Å². The maximum absolute atomic E-state index is 11.6. The number of carbonyl (C=O) groups excluding carboxylic acids is 1. The molecule has 0 N–H and O–H groups in total. The first-order chi connectivity index (χ1) is 6.93. The Hall–Kier alpha value is -0.620. The third kappa shape index (κ3) is 3.46. The van der Waals surface area contributed by atoms with E-state index in [0.717, 1.165) is 30.2 Å². The van der Waals surface area contributed by atoms with Crippen molar-refractivity contribution < 1.29 is 13.2 Å². The van der Waals surface area contributed by atoms with Crippen LogP contribution in [-0.4, -0.2) is 56.5 Å². The lowest BCUT2D eigenvalue weighted by molar-refractivity contribution is -0.129. The summed E-state index contributed by atoms with van der Waals surface area (Å²) in [6.07, 6.45) is 2.17. The van der Waals surface area contributed by atoms with Crippen molar-refractivity contribution in [2.45, 2.75) is 19.3 Å². The van der Waals surface area contributed by atoms with Crippen molar-refractivity contribution in [1.29, 1.82) is 0 Å². The molecular weight excluding hydrogens is 216 g/mol. The SMILES string of the molecule is CN(C)S(=O)(=O)CCC(=O)N1CCCC1. The first-order valence-corrected chi connectivity index (χ1v) is 6.72. The fourth-order valence-electron chi connectivity index (χ4n) is 1.52. The molecule has 0 aromatic carbocycles. The zero-order valence-corrected chi connectivity index (χ0v) is 10.1. The molecule has 0 saturated carbocycles. The molecule has 6 heteroatoms. The third-order valence-electron chi connectivity index (χ3n) is 2.59. The molecule has 0 radical (unpaired) electrons. The maximum Gasteiger partial charge on any atom is 0.223 e. The van der Waals surface area contributed by atoms with E-state index < -0.39 is 10.0 Å². The Kier molecular flexibility index (Phi) is 4.10. The number of hydrogen-bond donors (Lipinski definition) is 0. The summed E-state index contributed by atoms with van der Waals surface area (Å²) in [5, 5.41) is 0. The van der Waals surface area contributed by atoms with Crippen molar-refractivity contribution in [1.82, 2.24) is 9.21 Å². The van der Waals surface area contributed by atoms with Crippen LogP contribution in [0.5, 0.6) is 0 Å². The molecule has 1 saturated heterocycles. The quantitative estimate of drug-likeness (QED) is 0.682. The number of rotatable bonds is 4. The van der Waals surface area contributed by atoms with Gasteiger partial charge in [-0.15, -0.1) is 0 Å². The Labute approximate surface area is 91.1 Å². The molecule has 0 spiro atoms. The molecule has 0 atom stereocenters. The van der Waals surface area contributed by atoms with Crippen LogP contribution in [0.2, 0.25) is 0 Å². The van der Waals surface area contributed by atoms with Crippen molar-refractivity contribution >= 4 is 15.9 Å². The minimum absolute atomic E-state index is 0.0436. The molecule has 1 rings (SSSR count). The van der Waals surface area contributed by atoms with E-state index in [1.165, 1.54) is 14.1 Å². The monoisotopic (exact) mass is 234 g/mol. The van der Waals surface area contributed by atoms with Gasteiger partial charge in [0.1, 0.15) is 0 Å². The summed E-state index contributed by atoms with van der Waals surface area (Å²) >= 11 is 0. The van der Waals surface area contributed by atoms with Crippen LogP contribution >= 0.6 is 0 Å². The second-order valence-electron chi connectivity index (χ2n) is 3.94. The fourth-order valence-corrected chi connectivity index (χ4v) is 2.32. The predicted molar refractivity (Wildman–Crippen MR) is 57.9 cm³/mol. The second-order valence-corrected chi connectivity index (χ2v) is 6.24. The Bertz CT molecular complexity index is 318. The molecule has 1 amide bonds. The Morgan fingerprint density at radius 1 is 1.27 bits per heavy atom. The first-order valence-electron chi connectivity index (χ1n) is 5.11. The number of likely N-dealkylation sites (tertiary alicyclic amines) is 1. The zero-order valence-electron chi connectivity index (χ0n) is 9.27. The summed E-state index contributed by atoms with van der Waals surface area (Å²) in [6.45, 7) is 1.56. The fraction of sp³-hybridized carbons (Fsp3) is 0.889. The largest absolute Gasteiger partial charge is 0.343 e. The van der Waals surface area contributed by atoms with E-state index in [-0.39, 0.29) is 18.1 Å². The molecule has 15 heavy (non-hydrogen) atoms. The van der Waals surface area contributed by atoms with E-state index in [9.17, 15) is 13.2 Å². The van der Waals surface area contributed by atoms with E-state index in [0.29, 0.717) is 0 Å². The van der Waals surface area contributed by atoms with Crippen LogP contribution in [0.15, 0.2) is 0 Å². The maximum atomic E-state index is 11.6. The van der Waals surface area contributed by atoms with Gasteiger partial charge in [0.05, 0.1) is 5.75 Å². The molecule has 1 heterocycles. The third-order valence-corrected chi connectivity index (χ3v) is 4.42. The summed E-state index contributed by atoms with van der Waals surface area (Å²) in [4.78, 5) is 13.3. The first kappa shape index (κ1) is 12.4. The van der Waals surface area contributed by atoms with Gasteiger partial charge < -0.3 is 4.90 Å². The van der Waals surface area contributed by atoms with Gasteiger partial charge in [-0.3, -0.25) is 4.79 Å². The van der Waals surface area contributed by atoms with Crippen LogP contribution in [-0.2, 0) is 14.8 Å². The summed E-state index contributed by atoms with van der Waals surface area (Å²) in [5.74, 6) is -0.132. The molecule has 0 aromatic rings. The summed E-state index contributed by atoms with van der Waals surface area (Å²) in [7, 11) is -0.273. The normalized spacial score (nSPS) is 17.4. The molecular formula is C9H18N2O3S. The highest BCUT2D eigenvalue weighted by Gasteiger charge is 2.21. The van der Waals surface area contributed by atoms with Gasteiger partial charge in [-0.05, 0) is 12.8 Å². The summed E-state index contributed by atoms with van der Waals surface area (Å²) in [5.41, 5.74) is 0. The number of nitrogens with zero attached hydrogens (tertiary/aromatic N) is 2. The molecule has 1 aliphatic rings. The van der Waals surface area contributed by atoms with Crippen molar-refractivity contribution in [3.8, 4) is 0 Å². The molecule has 1 fully saturated rings. The van der Waals surface area contributed by atoms with E-state index in [4.69, 9.17) is 0 Å². The number of carbonyl (C=O) groups is 1. The highest BCUT2D eigenvalue weighted by atomic mass is 32.2. The van der Waals surface area contributed by atoms with Crippen molar-refractivity contribution in [3.63, 3.8) is 0 Å². The lowest BCUT2D eigenvalue weighted by Crippen LogP contribution is -2.32. The van der Waals surface area contributed by atoms with Crippen LogP contribution in [0.1, 0.15) is 19.3 Å². The molecule has 5 nitrogen and oxygen atoms in total. The minimum atomic E-state index is -3.24. The van der Waals surface area contributed by atoms with Gasteiger partial charge in [0.15, 0.2) is 0 Å². The summed E-state index contributed by atoms with van der Waals surface area (Å²) in [6, 6.07) is 0. The van der Waals surface area contributed by atoms with Crippen LogP contribution < -0.4 is 0 Å².